The first kappa shape index (κ1) is 19.7. The van der Waals surface area contributed by atoms with Crippen LogP contribution in [0.5, 0.6) is 0 Å². The Morgan fingerprint density at radius 2 is 1.78 bits per heavy atom. The third-order valence-corrected chi connectivity index (χ3v) is 5.18. The predicted molar refractivity (Wildman–Crippen MR) is 109 cm³/mol. The number of nitrogens with zero attached hydrogens (tertiary/aromatic N) is 1. The lowest BCUT2D eigenvalue weighted by Gasteiger charge is -2.29. The van der Waals surface area contributed by atoms with E-state index in [-0.39, 0.29) is 24.9 Å². The molecule has 1 aliphatic heterocycles. The van der Waals surface area contributed by atoms with Gasteiger partial charge in [-0.05, 0) is 36.6 Å². The molecular formula is C20H22Cl2N3O2+. The number of para-hydroxylation sites is 2. The summed E-state index contributed by atoms with van der Waals surface area (Å²) < 4.78 is 0. The summed E-state index contributed by atoms with van der Waals surface area (Å²) in [5.74, 6) is -0.224. The van der Waals surface area contributed by atoms with E-state index in [0.29, 0.717) is 22.3 Å². The third-order valence-electron chi connectivity index (χ3n) is 4.55. The van der Waals surface area contributed by atoms with E-state index >= 15 is 0 Å². The number of benzene rings is 2. The number of amides is 2. The van der Waals surface area contributed by atoms with Crippen LogP contribution in [0.15, 0.2) is 42.5 Å². The molecule has 0 saturated carbocycles. The van der Waals surface area contributed by atoms with Crippen LogP contribution in [0.3, 0.4) is 0 Å². The Kier molecular flexibility index (Phi) is 6.37. The SMILES string of the molecule is C[NH+](CC(=O)Nc1c(Cl)cccc1Cl)CC(=O)N1CCCc2ccccc21. The maximum absolute atomic E-state index is 12.8. The van der Waals surface area contributed by atoms with Crippen molar-refractivity contribution in [3.05, 3.63) is 58.1 Å². The number of nitrogens with one attached hydrogen (secondary N) is 2. The van der Waals surface area contributed by atoms with Gasteiger partial charge in [0.15, 0.2) is 13.1 Å². The van der Waals surface area contributed by atoms with Gasteiger partial charge in [-0.3, -0.25) is 9.59 Å². The summed E-state index contributed by atoms with van der Waals surface area (Å²) in [5.41, 5.74) is 2.57. The van der Waals surface area contributed by atoms with E-state index in [1.807, 2.05) is 30.1 Å². The van der Waals surface area contributed by atoms with Gasteiger partial charge in [0.2, 0.25) is 0 Å². The van der Waals surface area contributed by atoms with Crippen LogP contribution in [0.1, 0.15) is 12.0 Å². The van der Waals surface area contributed by atoms with Crippen molar-refractivity contribution in [3.8, 4) is 0 Å². The zero-order valence-corrected chi connectivity index (χ0v) is 16.6. The number of rotatable bonds is 5. The van der Waals surface area contributed by atoms with Gasteiger partial charge in [-0.25, -0.2) is 0 Å². The maximum atomic E-state index is 12.8. The van der Waals surface area contributed by atoms with Crippen LogP contribution < -0.4 is 15.1 Å². The molecule has 27 heavy (non-hydrogen) atoms. The Morgan fingerprint density at radius 1 is 1.07 bits per heavy atom. The highest BCUT2D eigenvalue weighted by molar-refractivity contribution is 6.39. The molecule has 2 amide bonds. The molecule has 1 heterocycles. The van der Waals surface area contributed by atoms with Crippen molar-refractivity contribution >= 4 is 46.4 Å². The van der Waals surface area contributed by atoms with Crippen LogP contribution in [-0.2, 0) is 16.0 Å². The standard InChI is InChI=1S/C20H21Cl2N3O2/c1-24(12-18(26)23-20-15(21)8-4-9-16(20)22)13-19(27)25-11-5-7-14-6-2-3-10-17(14)25/h2-4,6,8-10H,5,7,11-13H2,1H3,(H,23,26)/p+1. The molecule has 7 heteroatoms. The van der Waals surface area contributed by atoms with E-state index in [1.54, 1.807) is 18.2 Å². The topological polar surface area (TPSA) is 53.9 Å². The molecule has 1 aliphatic rings. The van der Waals surface area contributed by atoms with Gasteiger partial charge in [0.1, 0.15) is 0 Å². The summed E-state index contributed by atoms with van der Waals surface area (Å²) in [6.07, 6.45) is 1.94. The summed E-state index contributed by atoms with van der Waals surface area (Å²) in [6.45, 7) is 1.09. The molecule has 2 aromatic rings. The normalized spacial score (nSPS) is 14.4. The number of hydrogen-bond donors (Lipinski definition) is 2. The summed E-state index contributed by atoms with van der Waals surface area (Å²) in [6, 6.07) is 13.0. The van der Waals surface area contributed by atoms with Crippen LogP contribution in [0.4, 0.5) is 11.4 Å². The van der Waals surface area contributed by atoms with E-state index in [9.17, 15) is 9.59 Å². The summed E-state index contributed by atoms with van der Waals surface area (Å²) in [5, 5.41) is 3.50. The highest BCUT2D eigenvalue weighted by Gasteiger charge is 2.25. The summed E-state index contributed by atoms with van der Waals surface area (Å²) in [7, 11) is 1.82. The lowest BCUT2D eigenvalue weighted by atomic mass is 10.0. The minimum Gasteiger partial charge on any atom is -0.322 e. The van der Waals surface area contributed by atoms with Crippen molar-refractivity contribution in [2.45, 2.75) is 12.8 Å². The molecule has 2 aromatic carbocycles. The lowest BCUT2D eigenvalue weighted by molar-refractivity contribution is -0.862. The van der Waals surface area contributed by atoms with Gasteiger partial charge < -0.3 is 15.1 Å². The van der Waals surface area contributed by atoms with Gasteiger partial charge in [-0.1, -0.05) is 47.5 Å². The van der Waals surface area contributed by atoms with E-state index < -0.39 is 0 Å². The zero-order chi connectivity index (χ0) is 19.4. The van der Waals surface area contributed by atoms with Crippen molar-refractivity contribution < 1.29 is 14.5 Å². The average molecular weight is 407 g/mol. The number of aryl methyl sites for hydroxylation is 1. The Morgan fingerprint density at radius 3 is 2.52 bits per heavy atom. The number of fused-ring (bicyclic) bond motifs is 1. The minimum atomic E-state index is -0.241. The highest BCUT2D eigenvalue weighted by Crippen LogP contribution is 2.29. The van der Waals surface area contributed by atoms with Crippen LogP contribution in [0, 0.1) is 0 Å². The van der Waals surface area contributed by atoms with Crippen molar-refractivity contribution in [1.29, 1.82) is 0 Å². The number of hydrogen-bond acceptors (Lipinski definition) is 2. The van der Waals surface area contributed by atoms with Crippen molar-refractivity contribution in [2.75, 3.05) is 36.9 Å². The van der Waals surface area contributed by atoms with Gasteiger partial charge in [0.05, 0.1) is 22.8 Å². The molecule has 1 unspecified atom stereocenters. The van der Waals surface area contributed by atoms with Crippen molar-refractivity contribution in [3.63, 3.8) is 0 Å². The molecule has 5 nitrogen and oxygen atoms in total. The first-order valence-corrected chi connectivity index (χ1v) is 9.64. The summed E-state index contributed by atoms with van der Waals surface area (Å²) in [4.78, 5) is 27.7. The molecule has 0 bridgehead atoms. The molecule has 0 spiro atoms. The van der Waals surface area contributed by atoms with E-state index in [4.69, 9.17) is 23.2 Å². The van der Waals surface area contributed by atoms with Gasteiger partial charge in [0.25, 0.3) is 11.8 Å². The molecule has 0 aromatic heterocycles. The largest absolute Gasteiger partial charge is 0.322 e. The van der Waals surface area contributed by atoms with Crippen LogP contribution in [0.2, 0.25) is 10.0 Å². The monoisotopic (exact) mass is 406 g/mol. The number of carbonyl (C=O) groups excluding carboxylic acids is 2. The van der Waals surface area contributed by atoms with Gasteiger partial charge in [0, 0.05) is 12.2 Å². The maximum Gasteiger partial charge on any atom is 0.282 e. The first-order valence-electron chi connectivity index (χ1n) is 8.89. The van der Waals surface area contributed by atoms with Crippen LogP contribution in [0.25, 0.3) is 0 Å². The predicted octanol–water partition coefficient (Wildman–Crippen LogP) is 2.43. The Bertz CT molecular complexity index is 837. The smallest absolute Gasteiger partial charge is 0.282 e. The van der Waals surface area contributed by atoms with E-state index in [1.165, 1.54) is 5.56 Å². The minimum absolute atomic E-state index is 0.0169. The number of quaternary nitrogens is 1. The second-order valence-corrected chi connectivity index (χ2v) is 7.55. The third kappa shape index (κ3) is 4.80. The molecular weight excluding hydrogens is 385 g/mol. The van der Waals surface area contributed by atoms with Gasteiger partial charge in [-0.2, -0.15) is 0 Å². The molecule has 1 atom stereocenters. The number of likely N-dealkylation sites (N-methyl/N-ethyl adjacent to an activating group) is 1. The molecule has 0 fully saturated rings. The zero-order valence-electron chi connectivity index (χ0n) is 15.1. The summed E-state index contributed by atoms with van der Waals surface area (Å²) >= 11 is 12.2. The van der Waals surface area contributed by atoms with Crippen LogP contribution >= 0.6 is 23.2 Å². The second-order valence-electron chi connectivity index (χ2n) is 6.73. The Balaban J connectivity index is 1.59. The fraction of sp³-hybridized carbons (Fsp3) is 0.300. The number of carbonyl (C=O) groups is 2. The molecule has 2 N–H and O–H groups in total. The fourth-order valence-electron chi connectivity index (χ4n) is 3.28. The second kappa shape index (κ2) is 8.74. The molecule has 142 valence electrons. The Hall–Kier alpha value is -2.08. The molecule has 3 rings (SSSR count). The lowest BCUT2D eigenvalue weighted by Crippen LogP contribution is -3.11. The number of anilines is 2. The van der Waals surface area contributed by atoms with E-state index in [2.05, 4.69) is 11.4 Å². The first-order chi connectivity index (χ1) is 13.0. The average Bonchev–Trinajstić information content (AvgIpc) is 2.64. The molecule has 0 aliphatic carbocycles. The Labute approximate surface area is 168 Å². The quantitative estimate of drug-likeness (QED) is 0.800. The van der Waals surface area contributed by atoms with Crippen molar-refractivity contribution in [2.24, 2.45) is 0 Å². The van der Waals surface area contributed by atoms with Crippen LogP contribution in [-0.4, -0.2) is 38.5 Å². The van der Waals surface area contributed by atoms with Gasteiger partial charge in [-0.15, -0.1) is 0 Å². The highest BCUT2D eigenvalue weighted by atomic mass is 35.5. The fourth-order valence-corrected chi connectivity index (χ4v) is 3.78. The molecule has 0 radical (unpaired) electrons. The number of halogens is 2. The van der Waals surface area contributed by atoms with Crippen molar-refractivity contribution in [1.82, 2.24) is 0 Å². The molecule has 0 saturated heterocycles. The van der Waals surface area contributed by atoms with E-state index in [0.717, 1.165) is 23.4 Å². The van der Waals surface area contributed by atoms with Gasteiger partial charge >= 0.3 is 0 Å².